The Morgan fingerprint density at radius 1 is 1.05 bits per heavy atom. The SMILES string of the molecule is CCCCOC(=O)n1ncc2cc(Nc3nc(-c4cccc(N)c4)nc4cc(OC)c(OC(C)=O)cc34)ccc21. The number of nitrogens with two attached hydrogens (primary N) is 1. The molecule has 0 aliphatic heterocycles. The summed E-state index contributed by atoms with van der Waals surface area (Å²) in [6.45, 7) is 3.68. The first-order valence-electron chi connectivity index (χ1n) is 12.7. The van der Waals surface area contributed by atoms with Crippen molar-refractivity contribution in [1.82, 2.24) is 19.7 Å². The monoisotopic (exact) mass is 540 g/mol. The lowest BCUT2D eigenvalue weighted by Gasteiger charge is -2.14. The standard InChI is InChI=1S/C29H28N6O5/c1-4-5-11-39-29(37)35-24-10-9-21(13-19(24)16-31-35)32-28-22-14-26(40-17(2)36)25(38-3)15-23(22)33-27(34-28)18-7-6-8-20(30)12-18/h6-10,12-16H,4-5,11,30H2,1-3H3,(H,32,33,34). The van der Waals surface area contributed by atoms with Crippen LogP contribution < -0.4 is 20.5 Å². The molecule has 0 saturated carbocycles. The highest BCUT2D eigenvalue weighted by Crippen LogP contribution is 2.37. The van der Waals surface area contributed by atoms with Gasteiger partial charge in [0.05, 0.1) is 30.9 Å². The molecule has 0 amide bonds. The summed E-state index contributed by atoms with van der Waals surface area (Å²) in [6, 6.07) is 16.1. The molecule has 5 aromatic rings. The van der Waals surface area contributed by atoms with Crippen molar-refractivity contribution in [3.05, 3.63) is 60.8 Å². The zero-order valence-corrected chi connectivity index (χ0v) is 22.3. The van der Waals surface area contributed by atoms with Crippen LogP contribution in [-0.4, -0.2) is 45.5 Å². The van der Waals surface area contributed by atoms with Crippen LogP contribution in [0.1, 0.15) is 26.7 Å². The third-order valence-electron chi connectivity index (χ3n) is 6.11. The normalized spacial score (nSPS) is 11.0. The number of methoxy groups -OCH3 is 1. The smallest absolute Gasteiger partial charge is 0.435 e. The van der Waals surface area contributed by atoms with Crippen LogP contribution in [0, 0.1) is 0 Å². The maximum Gasteiger partial charge on any atom is 0.435 e. The molecule has 3 N–H and O–H groups in total. The fourth-order valence-corrected chi connectivity index (χ4v) is 4.19. The number of anilines is 3. The van der Waals surface area contributed by atoms with Gasteiger partial charge >= 0.3 is 12.1 Å². The second kappa shape index (κ2) is 11.3. The topological polar surface area (TPSA) is 143 Å². The molecular formula is C29H28N6O5. The van der Waals surface area contributed by atoms with Crippen LogP contribution in [-0.2, 0) is 9.53 Å². The Morgan fingerprint density at radius 2 is 1.90 bits per heavy atom. The highest BCUT2D eigenvalue weighted by atomic mass is 16.6. The van der Waals surface area contributed by atoms with Crippen molar-refractivity contribution in [2.24, 2.45) is 0 Å². The quantitative estimate of drug-likeness (QED) is 0.109. The number of carbonyl (C=O) groups excluding carboxylic acids is 2. The van der Waals surface area contributed by atoms with Gasteiger partial charge < -0.3 is 25.3 Å². The van der Waals surface area contributed by atoms with Crippen molar-refractivity contribution in [2.75, 3.05) is 24.8 Å². The van der Waals surface area contributed by atoms with Gasteiger partial charge in [0.2, 0.25) is 0 Å². The molecule has 0 spiro atoms. The van der Waals surface area contributed by atoms with E-state index in [1.54, 1.807) is 36.5 Å². The lowest BCUT2D eigenvalue weighted by molar-refractivity contribution is -0.132. The van der Waals surface area contributed by atoms with E-state index in [1.807, 2.05) is 31.2 Å². The minimum atomic E-state index is -0.523. The summed E-state index contributed by atoms with van der Waals surface area (Å²) in [4.78, 5) is 33.7. The van der Waals surface area contributed by atoms with Gasteiger partial charge in [-0.15, -0.1) is 0 Å². The molecule has 0 unspecified atom stereocenters. The molecule has 3 aromatic carbocycles. The molecule has 204 valence electrons. The van der Waals surface area contributed by atoms with E-state index >= 15 is 0 Å². The number of carbonyl (C=O) groups is 2. The minimum Gasteiger partial charge on any atom is -0.493 e. The zero-order valence-electron chi connectivity index (χ0n) is 22.3. The van der Waals surface area contributed by atoms with E-state index in [2.05, 4.69) is 10.4 Å². The van der Waals surface area contributed by atoms with Gasteiger partial charge in [-0.05, 0) is 42.8 Å². The zero-order chi connectivity index (χ0) is 28.2. The molecule has 0 atom stereocenters. The minimum absolute atomic E-state index is 0.240. The van der Waals surface area contributed by atoms with Crippen LogP contribution in [0.3, 0.4) is 0 Å². The van der Waals surface area contributed by atoms with E-state index in [-0.39, 0.29) is 5.75 Å². The van der Waals surface area contributed by atoms with E-state index in [9.17, 15) is 9.59 Å². The highest BCUT2D eigenvalue weighted by molar-refractivity contribution is 5.96. The van der Waals surface area contributed by atoms with Gasteiger partial charge in [-0.1, -0.05) is 25.5 Å². The molecule has 0 aliphatic carbocycles. The lowest BCUT2D eigenvalue weighted by Crippen LogP contribution is -2.15. The molecule has 40 heavy (non-hydrogen) atoms. The molecule has 0 bridgehead atoms. The first-order chi connectivity index (χ1) is 19.4. The molecule has 0 aliphatic rings. The summed E-state index contributed by atoms with van der Waals surface area (Å²) in [6.07, 6.45) is 2.79. The highest BCUT2D eigenvalue weighted by Gasteiger charge is 2.17. The van der Waals surface area contributed by atoms with Crippen molar-refractivity contribution >= 4 is 51.1 Å². The number of hydrogen-bond donors (Lipinski definition) is 2. The molecule has 11 nitrogen and oxygen atoms in total. The fraction of sp³-hybridized carbons (Fsp3) is 0.207. The molecular weight excluding hydrogens is 512 g/mol. The number of nitrogen functional groups attached to an aromatic ring is 1. The average molecular weight is 541 g/mol. The van der Waals surface area contributed by atoms with E-state index < -0.39 is 12.1 Å². The first-order valence-corrected chi connectivity index (χ1v) is 12.7. The van der Waals surface area contributed by atoms with Gasteiger partial charge in [-0.25, -0.2) is 14.8 Å². The molecule has 0 saturated heterocycles. The van der Waals surface area contributed by atoms with Crippen LogP contribution >= 0.6 is 0 Å². The molecule has 0 radical (unpaired) electrons. The van der Waals surface area contributed by atoms with Crippen molar-refractivity contribution in [3.8, 4) is 22.9 Å². The number of fused-ring (bicyclic) bond motifs is 2. The molecule has 11 heteroatoms. The summed E-state index contributed by atoms with van der Waals surface area (Å²) in [7, 11) is 1.49. The molecule has 2 heterocycles. The Balaban J connectivity index is 1.58. The third-order valence-corrected chi connectivity index (χ3v) is 6.11. The van der Waals surface area contributed by atoms with Crippen LogP contribution in [0.5, 0.6) is 11.5 Å². The Hall–Kier alpha value is -5.19. The third kappa shape index (κ3) is 5.48. The van der Waals surface area contributed by atoms with Crippen molar-refractivity contribution < 1.29 is 23.8 Å². The van der Waals surface area contributed by atoms with Gasteiger partial charge in [0.25, 0.3) is 0 Å². The van der Waals surface area contributed by atoms with Gasteiger partial charge in [0, 0.05) is 40.7 Å². The maximum atomic E-state index is 12.5. The van der Waals surface area contributed by atoms with Crippen LogP contribution in [0.25, 0.3) is 33.2 Å². The molecule has 0 fully saturated rings. The molecule has 5 rings (SSSR count). The Bertz CT molecular complexity index is 1730. The van der Waals surface area contributed by atoms with Crippen molar-refractivity contribution in [1.29, 1.82) is 0 Å². The largest absolute Gasteiger partial charge is 0.493 e. The molecule has 2 aromatic heterocycles. The maximum absolute atomic E-state index is 12.5. The van der Waals surface area contributed by atoms with Crippen LogP contribution in [0.4, 0.5) is 22.0 Å². The fourth-order valence-electron chi connectivity index (χ4n) is 4.19. The number of aromatic nitrogens is 4. The number of nitrogens with zero attached hydrogens (tertiary/aromatic N) is 4. The van der Waals surface area contributed by atoms with Crippen molar-refractivity contribution in [2.45, 2.75) is 26.7 Å². The summed E-state index contributed by atoms with van der Waals surface area (Å²) in [5, 5.41) is 8.88. The number of esters is 1. The van der Waals surface area contributed by atoms with Gasteiger partial charge in [-0.2, -0.15) is 9.78 Å². The second-order valence-electron chi connectivity index (χ2n) is 9.06. The summed E-state index contributed by atoms with van der Waals surface area (Å²) < 4.78 is 17.4. The van der Waals surface area contributed by atoms with E-state index in [4.69, 9.17) is 29.9 Å². The van der Waals surface area contributed by atoms with Crippen LogP contribution in [0.2, 0.25) is 0 Å². The summed E-state index contributed by atoms with van der Waals surface area (Å²) >= 11 is 0. The lowest BCUT2D eigenvalue weighted by atomic mass is 10.1. The Morgan fingerprint density at radius 3 is 2.65 bits per heavy atom. The van der Waals surface area contributed by atoms with E-state index in [1.165, 1.54) is 18.7 Å². The number of hydrogen-bond acceptors (Lipinski definition) is 10. The van der Waals surface area contributed by atoms with Gasteiger partial charge in [-0.3, -0.25) is 4.79 Å². The average Bonchev–Trinajstić information content (AvgIpc) is 3.36. The van der Waals surface area contributed by atoms with Gasteiger partial charge in [0.1, 0.15) is 5.82 Å². The number of rotatable bonds is 8. The van der Waals surface area contributed by atoms with Gasteiger partial charge in [0.15, 0.2) is 17.3 Å². The second-order valence-corrected chi connectivity index (χ2v) is 9.06. The van der Waals surface area contributed by atoms with Crippen LogP contribution in [0.15, 0.2) is 60.8 Å². The predicted octanol–water partition coefficient (Wildman–Crippen LogP) is 5.69. The summed E-state index contributed by atoms with van der Waals surface area (Å²) in [5.74, 6) is 1.01. The Kier molecular flexibility index (Phi) is 7.45. The number of ether oxygens (including phenoxy) is 3. The van der Waals surface area contributed by atoms with E-state index in [0.29, 0.717) is 51.8 Å². The first kappa shape index (κ1) is 26.4. The predicted molar refractivity (Wildman–Crippen MR) is 152 cm³/mol. The number of benzene rings is 3. The number of unbranched alkanes of at least 4 members (excludes halogenated alkanes) is 1. The summed E-state index contributed by atoms with van der Waals surface area (Å²) in [5.41, 5.74) is 9.18. The van der Waals surface area contributed by atoms with E-state index in [0.717, 1.165) is 23.8 Å². The van der Waals surface area contributed by atoms with Crippen molar-refractivity contribution in [3.63, 3.8) is 0 Å². The number of nitrogens with one attached hydrogen (secondary N) is 1. The Labute approximate surface area is 229 Å².